The van der Waals surface area contributed by atoms with Crippen molar-refractivity contribution in [3.63, 3.8) is 0 Å². The standard InChI is InChI=1S/C19H25N5O/c1-4-16-15-7-5-6-8-17(15)24(21-16)19-20-18(25-22-19)14-9-11-23(12-10-14)13(2)3/h5-8,13-14H,4,9-12H2,1-3H3. The maximum absolute atomic E-state index is 5.61. The Morgan fingerprint density at radius 1 is 1.20 bits per heavy atom. The Hall–Kier alpha value is -2.21. The lowest BCUT2D eigenvalue weighted by atomic mass is 9.96. The van der Waals surface area contributed by atoms with Crippen LogP contribution >= 0.6 is 0 Å². The van der Waals surface area contributed by atoms with Gasteiger partial charge in [0.05, 0.1) is 11.2 Å². The van der Waals surface area contributed by atoms with Crippen LogP contribution in [0.5, 0.6) is 0 Å². The number of aromatic nitrogens is 4. The van der Waals surface area contributed by atoms with Gasteiger partial charge in [0.2, 0.25) is 5.89 Å². The molecule has 0 unspecified atom stereocenters. The summed E-state index contributed by atoms with van der Waals surface area (Å²) in [5, 5.41) is 10.1. The summed E-state index contributed by atoms with van der Waals surface area (Å²) < 4.78 is 7.42. The van der Waals surface area contributed by atoms with E-state index in [4.69, 9.17) is 9.62 Å². The third-order valence-corrected chi connectivity index (χ3v) is 5.23. The molecule has 132 valence electrons. The van der Waals surface area contributed by atoms with Crippen LogP contribution in [0.1, 0.15) is 51.1 Å². The molecule has 4 rings (SSSR count). The van der Waals surface area contributed by atoms with E-state index in [-0.39, 0.29) is 0 Å². The van der Waals surface area contributed by atoms with Crippen LogP contribution in [0.4, 0.5) is 0 Å². The van der Waals surface area contributed by atoms with Crippen molar-refractivity contribution in [2.45, 2.75) is 52.0 Å². The van der Waals surface area contributed by atoms with Gasteiger partial charge in [-0.25, -0.2) is 0 Å². The number of rotatable bonds is 4. The molecule has 25 heavy (non-hydrogen) atoms. The Kier molecular flexibility index (Phi) is 4.29. The molecule has 1 aliphatic heterocycles. The number of likely N-dealkylation sites (tertiary alicyclic amines) is 1. The predicted octanol–water partition coefficient (Wildman–Crippen LogP) is 3.56. The van der Waals surface area contributed by atoms with E-state index >= 15 is 0 Å². The molecule has 0 atom stereocenters. The summed E-state index contributed by atoms with van der Waals surface area (Å²) in [7, 11) is 0. The van der Waals surface area contributed by atoms with Gasteiger partial charge in [-0.1, -0.05) is 25.1 Å². The molecule has 1 fully saturated rings. The molecule has 3 aromatic rings. The zero-order chi connectivity index (χ0) is 17.4. The molecular formula is C19H25N5O. The molecule has 2 aromatic heterocycles. The number of hydrogen-bond acceptors (Lipinski definition) is 5. The summed E-state index contributed by atoms with van der Waals surface area (Å²) in [5.74, 6) is 1.64. The van der Waals surface area contributed by atoms with Gasteiger partial charge in [0, 0.05) is 17.3 Å². The van der Waals surface area contributed by atoms with E-state index in [9.17, 15) is 0 Å². The molecule has 0 N–H and O–H groups in total. The summed E-state index contributed by atoms with van der Waals surface area (Å²) in [6.07, 6.45) is 3.02. The molecule has 3 heterocycles. The number of fused-ring (bicyclic) bond motifs is 1. The molecule has 1 aromatic carbocycles. The molecule has 1 aliphatic rings. The fourth-order valence-corrected chi connectivity index (χ4v) is 3.69. The molecular weight excluding hydrogens is 314 g/mol. The van der Waals surface area contributed by atoms with Gasteiger partial charge < -0.3 is 9.42 Å². The second-order valence-electron chi connectivity index (χ2n) is 7.07. The van der Waals surface area contributed by atoms with Gasteiger partial charge in [-0.15, -0.1) is 0 Å². The van der Waals surface area contributed by atoms with E-state index in [1.165, 1.54) is 0 Å². The van der Waals surface area contributed by atoms with Crippen LogP contribution in [0.2, 0.25) is 0 Å². The first-order valence-corrected chi connectivity index (χ1v) is 9.22. The number of benzene rings is 1. The highest BCUT2D eigenvalue weighted by molar-refractivity contribution is 5.83. The highest BCUT2D eigenvalue weighted by Crippen LogP contribution is 2.29. The third kappa shape index (κ3) is 2.95. The minimum absolute atomic E-state index is 0.351. The van der Waals surface area contributed by atoms with E-state index in [1.54, 1.807) is 0 Å². The zero-order valence-electron chi connectivity index (χ0n) is 15.1. The Balaban J connectivity index is 1.60. The van der Waals surface area contributed by atoms with Gasteiger partial charge in [0.1, 0.15) is 0 Å². The Bertz CT molecular complexity index is 858. The second kappa shape index (κ2) is 6.59. The van der Waals surface area contributed by atoms with Gasteiger partial charge in [-0.3, -0.25) is 0 Å². The van der Waals surface area contributed by atoms with Gasteiger partial charge in [-0.2, -0.15) is 14.8 Å². The van der Waals surface area contributed by atoms with Crippen LogP contribution in [-0.4, -0.2) is 44.0 Å². The summed E-state index contributed by atoms with van der Waals surface area (Å²) in [6.45, 7) is 8.79. The topological polar surface area (TPSA) is 60.0 Å². The molecule has 0 spiro atoms. The minimum atomic E-state index is 0.351. The lowest BCUT2D eigenvalue weighted by molar-refractivity contribution is 0.160. The first kappa shape index (κ1) is 16.3. The van der Waals surface area contributed by atoms with Gasteiger partial charge in [0.15, 0.2) is 0 Å². The molecule has 0 bridgehead atoms. The normalized spacial score (nSPS) is 17.0. The van der Waals surface area contributed by atoms with Crippen molar-refractivity contribution in [1.29, 1.82) is 0 Å². The first-order chi connectivity index (χ1) is 12.2. The SMILES string of the molecule is CCc1nn(-c2noc(C3CCN(C(C)C)CC3)n2)c2ccccc12. The average Bonchev–Trinajstić information content (AvgIpc) is 3.26. The maximum Gasteiger partial charge on any atom is 0.291 e. The number of hydrogen-bond donors (Lipinski definition) is 0. The highest BCUT2D eigenvalue weighted by Gasteiger charge is 2.27. The summed E-state index contributed by atoms with van der Waals surface area (Å²) >= 11 is 0. The van der Waals surface area contributed by atoms with Gasteiger partial charge in [-0.05, 0) is 57.4 Å². The molecule has 1 saturated heterocycles. The van der Waals surface area contributed by atoms with Crippen molar-refractivity contribution >= 4 is 10.9 Å². The second-order valence-corrected chi connectivity index (χ2v) is 7.07. The smallest absolute Gasteiger partial charge is 0.291 e. The lowest BCUT2D eigenvalue weighted by Gasteiger charge is -2.33. The third-order valence-electron chi connectivity index (χ3n) is 5.23. The van der Waals surface area contributed by atoms with E-state index in [0.717, 1.165) is 54.8 Å². The Labute approximate surface area is 147 Å². The van der Waals surface area contributed by atoms with Crippen LogP contribution in [-0.2, 0) is 6.42 Å². The van der Waals surface area contributed by atoms with Crippen molar-refractivity contribution < 1.29 is 4.52 Å². The summed E-state index contributed by atoms with van der Waals surface area (Å²) in [5.41, 5.74) is 2.09. The monoisotopic (exact) mass is 339 g/mol. The zero-order valence-corrected chi connectivity index (χ0v) is 15.1. The quantitative estimate of drug-likeness (QED) is 0.727. The van der Waals surface area contributed by atoms with E-state index in [1.807, 2.05) is 16.8 Å². The highest BCUT2D eigenvalue weighted by atomic mass is 16.5. The summed E-state index contributed by atoms with van der Waals surface area (Å²) in [6, 6.07) is 8.81. The van der Waals surface area contributed by atoms with E-state index in [2.05, 4.69) is 47.9 Å². The van der Waals surface area contributed by atoms with Crippen molar-refractivity contribution in [3.05, 3.63) is 35.9 Å². The molecule has 0 amide bonds. The van der Waals surface area contributed by atoms with E-state index in [0.29, 0.717) is 17.9 Å². The van der Waals surface area contributed by atoms with Crippen molar-refractivity contribution in [2.75, 3.05) is 13.1 Å². The van der Waals surface area contributed by atoms with Gasteiger partial charge in [0.25, 0.3) is 5.95 Å². The number of aryl methyl sites for hydroxylation is 1. The van der Waals surface area contributed by atoms with E-state index < -0.39 is 0 Å². The Morgan fingerprint density at radius 3 is 2.68 bits per heavy atom. The first-order valence-electron chi connectivity index (χ1n) is 9.22. The van der Waals surface area contributed by atoms with Crippen LogP contribution in [0, 0.1) is 0 Å². The molecule has 0 saturated carbocycles. The number of para-hydroxylation sites is 1. The fraction of sp³-hybridized carbons (Fsp3) is 0.526. The number of nitrogens with zero attached hydrogens (tertiary/aromatic N) is 5. The molecule has 0 radical (unpaired) electrons. The maximum atomic E-state index is 5.61. The van der Waals surface area contributed by atoms with Crippen molar-refractivity contribution in [2.24, 2.45) is 0 Å². The fourth-order valence-electron chi connectivity index (χ4n) is 3.69. The average molecular weight is 339 g/mol. The van der Waals surface area contributed by atoms with Crippen molar-refractivity contribution in [1.82, 2.24) is 24.8 Å². The minimum Gasteiger partial charge on any atom is -0.337 e. The molecule has 6 heteroatoms. The predicted molar refractivity (Wildman–Crippen MR) is 97.0 cm³/mol. The number of piperidine rings is 1. The molecule has 0 aliphatic carbocycles. The van der Waals surface area contributed by atoms with Crippen LogP contribution < -0.4 is 0 Å². The van der Waals surface area contributed by atoms with Crippen LogP contribution in [0.25, 0.3) is 16.9 Å². The largest absolute Gasteiger partial charge is 0.337 e. The Morgan fingerprint density at radius 2 is 1.96 bits per heavy atom. The van der Waals surface area contributed by atoms with Gasteiger partial charge >= 0.3 is 0 Å². The van der Waals surface area contributed by atoms with Crippen LogP contribution in [0.3, 0.4) is 0 Å². The van der Waals surface area contributed by atoms with Crippen molar-refractivity contribution in [3.8, 4) is 5.95 Å². The summed E-state index contributed by atoms with van der Waals surface area (Å²) in [4.78, 5) is 7.18. The molecule has 6 nitrogen and oxygen atoms in total. The van der Waals surface area contributed by atoms with Crippen LogP contribution in [0.15, 0.2) is 28.8 Å². The lowest BCUT2D eigenvalue weighted by Crippen LogP contribution is -2.37.